The third-order valence-electron chi connectivity index (χ3n) is 4.65. The summed E-state index contributed by atoms with van der Waals surface area (Å²) in [5, 5.41) is 7.45. The molecule has 0 aliphatic rings. The molecule has 0 atom stereocenters. The van der Waals surface area contributed by atoms with E-state index in [1.165, 1.54) is 6.20 Å². The van der Waals surface area contributed by atoms with Crippen LogP contribution in [0.25, 0.3) is 11.1 Å². The number of primary amides is 1. The lowest BCUT2D eigenvalue weighted by atomic mass is 10.1. The van der Waals surface area contributed by atoms with Gasteiger partial charge in [0.15, 0.2) is 0 Å². The minimum atomic E-state index is -0.494. The molecule has 0 radical (unpaired) electrons. The van der Waals surface area contributed by atoms with Gasteiger partial charge in [-0.15, -0.1) is 0 Å². The second kappa shape index (κ2) is 8.40. The molecular formula is C23H19N5O2. The average molecular weight is 397 g/mol. The molecule has 148 valence electrons. The summed E-state index contributed by atoms with van der Waals surface area (Å²) in [6.07, 6.45) is 4.82. The summed E-state index contributed by atoms with van der Waals surface area (Å²) >= 11 is 0. The molecule has 7 heteroatoms. The van der Waals surface area contributed by atoms with Crippen LogP contribution in [0, 0.1) is 0 Å². The average Bonchev–Trinajstić information content (AvgIpc) is 3.17. The maximum absolute atomic E-state index is 12.8. The van der Waals surface area contributed by atoms with Crippen molar-refractivity contribution in [3.63, 3.8) is 0 Å². The van der Waals surface area contributed by atoms with Crippen LogP contribution in [-0.4, -0.2) is 26.6 Å². The van der Waals surface area contributed by atoms with Crippen LogP contribution in [0.4, 0.5) is 5.82 Å². The molecule has 0 saturated carbocycles. The first-order valence-corrected chi connectivity index (χ1v) is 9.33. The predicted molar refractivity (Wildman–Crippen MR) is 114 cm³/mol. The van der Waals surface area contributed by atoms with Crippen LogP contribution in [0.5, 0.6) is 0 Å². The Morgan fingerprint density at radius 2 is 1.67 bits per heavy atom. The van der Waals surface area contributed by atoms with Crippen LogP contribution >= 0.6 is 0 Å². The molecule has 4 aromatic rings. The van der Waals surface area contributed by atoms with E-state index in [0.29, 0.717) is 23.5 Å². The van der Waals surface area contributed by atoms with Crippen molar-refractivity contribution in [2.45, 2.75) is 6.54 Å². The maximum Gasteiger partial charge on any atom is 0.258 e. The molecule has 2 aromatic carbocycles. The summed E-state index contributed by atoms with van der Waals surface area (Å²) in [4.78, 5) is 28.2. The fraction of sp³-hybridized carbons (Fsp3) is 0.0435. The number of rotatable bonds is 6. The molecule has 0 aliphatic carbocycles. The van der Waals surface area contributed by atoms with Crippen LogP contribution in [0.1, 0.15) is 26.3 Å². The third-order valence-corrected chi connectivity index (χ3v) is 4.65. The first-order valence-electron chi connectivity index (χ1n) is 9.33. The molecule has 7 nitrogen and oxygen atoms in total. The normalized spacial score (nSPS) is 10.5. The molecule has 0 spiro atoms. The molecule has 0 unspecified atom stereocenters. The molecule has 2 heterocycles. The standard InChI is InChI=1S/C23H19N5O2/c24-21(29)18-10-8-17(9-11-18)20-14-26-28(15-16-5-2-1-3-6-16)22(20)27-23(30)19-7-4-12-25-13-19/h1-14H,15H2,(H2,24,29)(H,27,30). The van der Waals surface area contributed by atoms with Gasteiger partial charge in [0.2, 0.25) is 5.91 Å². The zero-order chi connectivity index (χ0) is 20.9. The van der Waals surface area contributed by atoms with Crippen molar-refractivity contribution in [3.8, 4) is 11.1 Å². The van der Waals surface area contributed by atoms with Gasteiger partial charge in [-0.25, -0.2) is 4.68 Å². The van der Waals surface area contributed by atoms with E-state index in [2.05, 4.69) is 15.4 Å². The van der Waals surface area contributed by atoms with E-state index >= 15 is 0 Å². The summed E-state index contributed by atoms with van der Waals surface area (Å²) in [7, 11) is 0. The van der Waals surface area contributed by atoms with Gasteiger partial charge in [0.05, 0.1) is 18.3 Å². The van der Waals surface area contributed by atoms with Crippen LogP contribution in [0.3, 0.4) is 0 Å². The van der Waals surface area contributed by atoms with Gasteiger partial charge in [-0.05, 0) is 35.4 Å². The topological polar surface area (TPSA) is 103 Å². The van der Waals surface area contributed by atoms with E-state index in [1.54, 1.807) is 53.5 Å². The second-order valence-electron chi connectivity index (χ2n) is 6.69. The Balaban J connectivity index is 1.72. The zero-order valence-corrected chi connectivity index (χ0v) is 16.0. The Kier molecular flexibility index (Phi) is 5.34. The Labute approximate surface area is 173 Å². The van der Waals surface area contributed by atoms with Gasteiger partial charge < -0.3 is 11.1 Å². The molecule has 4 rings (SSSR count). The Bertz CT molecular complexity index is 1170. The van der Waals surface area contributed by atoms with E-state index in [9.17, 15) is 9.59 Å². The molecule has 0 fully saturated rings. The van der Waals surface area contributed by atoms with Crippen molar-refractivity contribution in [1.29, 1.82) is 0 Å². The summed E-state index contributed by atoms with van der Waals surface area (Å²) in [5.41, 5.74) is 8.78. The number of anilines is 1. The lowest BCUT2D eigenvalue weighted by Crippen LogP contribution is -2.17. The number of benzene rings is 2. The predicted octanol–water partition coefficient (Wildman–Crippen LogP) is 3.34. The van der Waals surface area contributed by atoms with Gasteiger partial charge in [0, 0.05) is 23.5 Å². The minimum absolute atomic E-state index is 0.284. The van der Waals surface area contributed by atoms with Crippen LogP contribution in [-0.2, 0) is 6.54 Å². The van der Waals surface area contributed by atoms with Gasteiger partial charge in [0.1, 0.15) is 5.82 Å². The van der Waals surface area contributed by atoms with Crippen molar-refractivity contribution in [2.24, 2.45) is 5.73 Å². The highest BCUT2D eigenvalue weighted by molar-refractivity contribution is 6.05. The Hall–Kier alpha value is -4.26. The van der Waals surface area contributed by atoms with Gasteiger partial charge in [-0.1, -0.05) is 42.5 Å². The number of pyridine rings is 1. The first-order chi connectivity index (χ1) is 14.6. The molecule has 30 heavy (non-hydrogen) atoms. The second-order valence-corrected chi connectivity index (χ2v) is 6.69. The van der Waals surface area contributed by atoms with Gasteiger partial charge in [-0.2, -0.15) is 5.10 Å². The quantitative estimate of drug-likeness (QED) is 0.521. The number of carbonyl (C=O) groups is 2. The maximum atomic E-state index is 12.8. The minimum Gasteiger partial charge on any atom is -0.366 e. The van der Waals surface area contributed by atoms with E-state index in [0.717, 1.165) is 16.7 Å². The summed E-state index contributed by atoms with van der Waals surface area (Å²) < 4.78 is 1.74. The summed E-state index contributed by atoms with van der Waals surface area (Å²) in [6, 6.07) is 20.1. The molecule has 3 N–H and O–H groups in total. The lowest BCUT2D eigenvalue weighted by Gasteiger charge is -2.12. The number of aromatic nitrogens is 3. The number of amides is 2. The molecular weight excluding hydrogens is 378 g/mol. The monoisotopic (exact) mass is 397 g/mol. The SMILES string of the molecule is NC(=O)c1ccc(-c2cnn(Cc3ccccc3)c2NC(=O)c2cccnc2)cc1. The third kappa shape index (κ3) is 4.10. The van der Waals surface area contributed by atoms with Crippen molar-refractivity contribution < 1.29 is 9.59 Å². The molecule has 0 saturated heterocycles. The fourth-order valence-electron chi connectivity index (χ4n) is 3.10. The molecule has 0 aliphatic heterocycles. The van der Waals surface area contributed by atoms with E-state index in [1.807, 2.05) is 30.3 Å². The highest BCUT2D eigenvalue weighted by Crippen LogP contribution is 2.29. The lowest BCUT2D eigenvalue weighted by molar-refractivity contribution is 0.0997. The van der Waals surface area contributed by atoms with Crippen molar-refractivity contribution in [2.75, 3.05) is 5.32 Å². The molecule has 2 amide bonds. The zero-order valence-electron chi connectivity index (χ0n) is 16.0. The Morgan fingerprint density at radius 1 is 0.900 bits per heavy atom. The summed E-state index contributed by atoms with van der Waals surface area (Å²) in [6.45, 7) is 0.489. The molecule has 0 bridgehead atoms. The molecule has 2 aromatic heterocycles. The highest BCUT2D eigenvalue weighted by Gasteiger charge is 2.17. The number of nitrogens with one attached hydrogen (secondary N) is 1. The number of carbonyl (C=O) groups excluding carboxylic acids is 2. The fourth-order valence-corrected chi connectivity index (χ4v) is 3.10. The smallest absolute Gasteiger partial charge is 0.258 e. The van der Waals surface area contributed by atoms with E-state index < -0.39 is 5.91 Å². The summed E-state index contributed by atoms with van der Waals surface area (Å²) in [5.74, 6) is -0.223. The van der Waals surface area contributed by atoms with Gasteiger partial charge >= 0.3 is 0 Å². The van der Waals surface area contributed by atoms with E-state index in [4.69, 9.17) is 5.73 Å². The number of nitrogens with two attached hydrogens (primary N) is 1. The number of hydrogen-bond acceptors (Lipinski definition) is 4. The van der Waals surface area contributed by atoms with Gasteiger partial charge in [-0.3, -0.25) is 14.6 Å². The van der Waals surface area contributed by atoms with E-state index in [-0.39, 0.29) is 5.91 Å². The number of nitrogens with zero attached hydrogens (tertiary/aromatic N) is 3. The largest absolute Gasteiger partial charge is 0.366 e. The van der Waals surface area contributed by atoms with Crippen LogP contribution in [0.2, 0.25) is 0 Å². The Morgan fingerprint density at radius 3 is 2.33 bits per heavy atom. The number of hydrogen-bond donors (Lipinski definition) is 2. The first kappa shape index (κ1) is 19.1. The van der Waals surface area contributed by atoms with Crippen molar-refractivity contribution >= 4 is 17.6 Å². The highest BCUT2D eigenvalue weighted by atomic mass is 16.2. The van der Waals surface area contributed by atoms with Crippen molar-refractivity contribution in [3.05, 3.63) is 102 Å². The van der Waals surface area contributed by atoms with Crippen LogP contribution in [0.15, 0.2) is 85.3 Å². The van der Waals surface area contributed by atoms with Gasteiger partial charge in [0.25, 0.3) is 5.91 Å². The van der Waals surface area contributed by atoms with Crippen LogP contribution < -0.4 is 11.1 Å². The van der Waals surface area contributed by atoms with Crippen molar-refractivity contribution in [1.82, 2.24) is 14.8 Å².